The quantitative estimate of drug-likeness (QED) is 0.691. The molecule has 0 aromatic rings. The van der Waals surface area contributed by atoms with Gasteiger partial charge in [-0.3, -0.25) is 4.67 Å². The topological polar surface area (TPSA) is 23.5 Å². The summed E-state index contributed by atoms with van der Waals surface area (Å²) < 4.78 is 2.19. The van der Waals surface area contributed by atoms with Gasteiger partial charge in [-0.15, -0.1) is 0 Å². The van der Waals surface area contributed by atoms with Gasteiger partial charge in [0.05, 0.1) is 0 Å². The fourth-order valence-corrected chi connectivity index (χ4v) is 2.82. The fourth-order valence-electron chi connectivity index (χ4n) is 1.34. The van der Waals surface area contributed by atoms with Crippen LogP contribution >= 0.6 is 8.30 Å². The third kappa shape index (κ3) is 3.38. The van der Waals surface area contributed by atoms with Crippen LogP contribution in [0.5, 0.6) is 0 Å². The molecule has 0 aliphatic heterocycles. The molecule has 1 N–H and O–H groups in total. The van der Waals surface area contributed by atoms with E-state index in [2.05, 4.69) is 46.2 Å². The summed E-state index contributed by atoms with van der Waals surface area (Å²) in [6, 6.07) is 0.868. The third-order valence-electron chi connectivity index (χ3n) is 1.76. The minimum absolute atomic E-state index is 0.366. The fraction of sp³-hybridized carbons (Fsp3) is 1.00. The molecule has 2 nitrogen and oxygen atoms in total. The Bertz CT molecular complexity index is 118. The number of hydrogen-bond acceptors (Lipinski definition) is 2. The Morgan fingerprint density at radius 1 is 0.917 bits per heavy atom. The summed E-state index contributed by atoms with van der Waals surface area (Å²) in [4.78, 5) is 9.92. The van der Waals surface area contributed by atoms with Crippen molar-refractivity contribution < 1.29 is 4.89 Å². The molecular formula is C9H22NOP. The number of nitrogens with zero attached hydrogens (tertiary/aromatic N) is 1. The van der Waals surface area contributed by atoms with Gasteiger partial charge in [-0.05, 0) is 27.7 Å². The molecular weight excluding hydrogens is 169 g/mol. The van der Waals surface area contributed by atoms with E-state index in [4.69, 9.17) is 0 Å². The summed E-state index contributed by atoms with van der Waals surface area (Å²) in [5.74, 6) is 0. The molecule has 1 atom stereocenters. The largest absolute Gasteiger partial charge is 0.359 e. The van der Waals surface area contributed by atoms with E-state index in [1.165, 1.54) is 0 Å². The minimum Gasteiger partial charge on any atom is -0.359 e. The Morgan fingerprint density at radius 2 is 1.25 bits per heavy atom. The predicted octanol–water partition coefficient (Wildman–Crippen LogP) is 2.82. The summed E-state index contributed by atoms with van der Waals surface area (Å²) in [6.07, 6.45) is 0. The maximum Gasteiger partial charge on any atom is 0.104 e. The summed E-state index contributed by atoms with van der Waals surface area (Å²) >= 11 is 0. The van der Waals surface area contributed by atoms with E-state index in [1.54, 1.807) is 0 Å². The average molecular weight is 191 g/mol. The first-order valence-corrected chi connectivity index (χ1v) is 5.96. The monoisotopic (exact) mass is 191 g/mol. The lowest BCUT2D eigenvalue weighted by Gasteiger charge is -2.36. The van der Waals surface area contributed by atoms with Crippen LogP contribution in [0.1, 0.15) is 41.5 Å². The molecule has 0 heterocycles. The lowest BCUT2D eigenvalue weighted by atomic mass is 10.3. The third-order valence-corrected chi connectivity index (χ3v) is 4.08. The first kappa shape index (κ1) is 12.3. The molecule has 0 bridgehead atoms. The molecule has 3 heteroatoms. The molecule has 0 saturated carbocycles. The van der Waals surface area contributed by atoms with Gasteiger partial charge in [0.15, 0.2) is 0 Å². The van der Waals surface area contributed by atoms with Crippen LogP contribution in [-0.2, 0) is 0 Å². The van der Waals surface area contributed by atoms with Crippen LogP contribution in [0.15, 0.2) is 0 Å². The van der Waals surface area contributed by atoms with E-state index < -0.39 is 8.30 Å². The second-order valence-electron chi connectivity index (χ2n) is 3.98. The molecule has 0 radical (unpaired) electrons. The van der Waals surface area contributed by atoms with Crippen LogP contribution in [0.4, 0.5) is 0 Å². The molecule has 0 aliphatic rings. The van der Waals surface area contributed by atoms with Gasteiger partial charge in [0.1, 0.15) is 8.30 Å². The van der Waals surface area contributed by atoms with Gasteiger partial charge in [0, 0.05) is 17.7 Å². The van der Waals surface area contributed by atoms with Gasteiger partial charge in [-0.2, -0.15) is 0 Å². The zero-order chi connectivity index (χ0) is 9.89. The highest BCUT2D eigenvalue weighted by molar-refractivity contribution is 7.49. The first-order valence-electron chi connectivity index (χ1n) is 4.64. The molecule has 74 valence electrons. The molecule has 0 rings (SSSR count). The first-order chi connectivity index (χ1) is 5.37. The lowest BCUT2D eigenvalue weighted by Crippen LogP contribution is -2.34. The zero-order valence-corrected chi connectivity index (χ0v) is 9.97. The molecule has 0 aromatic carbocycles. The van der Waals surface area contributed by atoms with E-state index in [0.717, 1.165) is 0 Å². The van der Waals surface area contributed by atoms with E-state index in [0.29, 0.717) is 17.7 Å². The second-order valence-corrected chi connectivity index (χ2v) is 6.12. The Labute approximate surface area is 77.9 Å². The van der Waals surface area contributed by atoms with Crippen molar-refractivity contribution in [3.05, 3.63) is 0 Å². The number of rotatable bonds is 4. The van der Waals surface area contributed by atoms with Crippen molar-refractivity contribution in [2.24, 2.45) is 0 Å². The molecule has 0 spiro atoms. The maximum atomic E-state index is 9.92. The summed E-state index contributed by atoms with van der Waals surface area (Å²) in [7, 11) is -0.949. The van der Waals surface area contributed by atoms with Crippen LogP contribution in [0.3, 0.4) is 0 Å². The van der Waals surface area contributed by atoms with Gasteiger partial charge < -0.3 is 4.89 Å². The normalized spacial score (nSPS) is 15.2. The highest BCUT2D eigenvalue weighted by Crippen LogP contribution is 2.43. The standard InChI is InChI=1S/C9H22NOP/c1-7(2)10(8(3)4)12(11)9(5)6/h7-9,11H,1-6H3. The summed E-state index contributed by atoms with van der Waals surface area (Å²) in [6.45, 7) is 12.7. The Hall–Kier alpha value is 0.350. The molecule has 0 fully saturated rings. The smallest absolute Gasteiger partial charge is 0.104 e. The predicted molar refractivity (Wildman–Crippen MR) is 56.4 cm³/mol. The van der Waals surface area contributed by atoms with Crippen LogP contribution in [-0.4, -0.2) is 27.3 Å². The maximum absolute atomic E-state index is 9.92. The van der Waals surface area contributed by atoms with Crippen molar-refractivity contribution in [1.29, 1.82) is 0 Å². The van der Waals surface area contributed by atoms with Gasteiger partial charge in [0.2, 0.25) is 0 Å². The van der Waals surface area contributed by atoms with Crippen molar-refractivity contribution in [3.63, 3.8) is 0 Å². The van der Waals surface area contributed by atoms with Gasteiger partial charge >= 0.3 is 0 Å². The molecule has 0 amide bonds. The Kier molecular flexibility index (Phi) is 5.31. The lowest BCUT2D eigenvalue weighted by molar-refractivity contribution is 0.293. The highest BCUT2D eigenvalue weighted by atomic mass is 31.2. The van der Waals surface area contributed by atoms with Crippen molar-refractivity contribution in [3.8, 4) is 0 Å². The summed E-state index contributed by atoms with van der Waals surface area (Å²) in [5, 5.41) is 0. The SMILES string of the molecule is CC(C)N(C(C)C)P(O)C(C)C. The second kappa shape index (κ2) is 5.16. The average Bonchev–Trinajstić information content (AvgIpc) is 1.85. The summed E-state index contributed by atoms with van der Waals surface area (Å²) in [5.41, 5.74) is 0.366. The van der Waals surface area contributed by atoms with Gasteiger partial charge in [-0.1, -0.05) is 13.8 Å². The van der Waals surface area contributed by atoms with E-state index in [1.807, 2.05) is 0 Å². The molecule has 0 aromatic heterocycles. The molecule has 1 unspecified atom stereocenters. The van der Waals surface area contributed by atoms with Gasteiger partial charge in [0.25, 0.3) is 0 Å². The highest BCUT2D eigenvalue weighted by Gasteiger charge is 2.24. The van der Waals surface area contributed by atoms with Gasteiger partial charge in [-0.25, -0.2) is 0 Å². The van der Waals surface area contributed by atoms with E-state index in [-0.39, 0.29) is 0 Å². The Balaban J connectivity index is 4.30. The zero-order valence-electron chi connectivity index (χ0n) is 9.07. The van der Waals surface area contributed by atoms with Crippen molar-refractivity contribution >= 4 is 8.30 Å². The van der Waals surface area contributed by atoms with Crippen molar-refractivity contribution in [2.75, 3.05) is 0 Å². The van der Waals surface area contributed by atoms with Crippen LogP contribution in [0, 0.1) is 0 Å². The van der Waals surface area contributed by atoms with Crippen LogP contribution in [0.25, 0.3) is 0 Å². The number of hydrogen-bond donors (Lipinski definition) is 1. The van der Waals surface area contributed by atoms with Crippen LogP contribution < -0.4 is 0 Å². The van der Waals surface area contributed by atoms with Crippen LogP contribution in [0.2, 0.25) is 0 Å². The molecule has 0 aliphatic carbocycles. The minimum atomic E-state index is -0.949. The van der Waals surface area contributed by atoms with Crippen molar-refractivity contribution in [2.45, 2.75) is 59.3 Å². The van der Waals surface area contributed by atoms with Crippen molar-refractivity contribution in [1.82, 2.24) is 4.67 Å². The van der Waals surface area contributed by atoms with E-state index >= 15 is 0 Å². The molecule has 12 heavy (non-hydrogen) atoms. The molecule has 0 saturated heterocycles. The Morgan fingerprint density at radius 3 is 1.33 bits per heavy atom. The van der Waals surface area contributed by atoms with E-state index in [9.17, 15) is 4.89 Å².